The van der Waals surface area contributed by atoms with Crippen molar-refractivity contribution in [3.8, 4) is 11.5 Å². The van der Waals surface area contributed by atoms with Crippen molar-refractivity contribution in [1.29, 1.82) is 0 Å². The number of nitrogens with zero attached hydrogens (tertiary/aromatic N) is 1. The smallest absolute Gasteiger partial charge is 0.191 e. The summed E-state index contributed by atoms with van der Waals surface area (Å²) < 4.78 is 11.3. The van der Waals surface area contributed by atoms with Gasteiger partial charge in [-0.25, -0.2) is 0 Å². The van der Waals surface area contributed by atoms with E-state index in [9.17, 15) is 0 Å². The third-order valence-corrected chi connectivity index (χ3v) is 4.51. The van der Waals surface area contributed by atoms with Crippen LogP contribution in [0.25, 0.3) is 0 Å². The molecule has 7 heteroatoms. The highest BCUT2D eigenvalue weighted by Crippen LogP contribution is 2.35. The van der Waals surface area contributed by atoms with Crippen LogP contribution in [0.2, 0.25) is 0 Å². The summed E-state index contributed by atoms with van der Waals surface area (Å²) in [6.07, 6.45) is 2.11. The highest BCUT2D eigenvalue weighted by molar-refractivity contribution is 14.0. The first-order valence-electron chi connectivity index (χ1n) is 8.48. The van der Waals surface area contributed by atoms with Gasteiger partial charge in [0, 0.05) is 24.3 Å². The topological polar surface area (TPSA) is 54.9 Å². The molecule has 25 heavy (non-hydrogen) atoms. The van der Waals surface area contributed by atoms with Crippen LogP contribution in [-0.2, 0) is 5.41 Å². The molecule has 0 spiro atoms. The van der Waals surface area contributed by atoms with E-state index in [0.717, 1.165) is 36.3 Å². The summed E-state index contributed by atoms with van der Waals surface area (Å²) in [6, 6.07) is 6.19. The first-order valence-corrected chi connectivity index (χ1v) is 9.87. The Kier molecular flexibility index (Phi) is 9.78. The van der Waals surface area contributed by atoms with E-state index in [0.29, 0.717) is 19.8 Å². The van der Waals surface area contributed by atoms with Crippen LogP contribution in [0.1, 0.15) is 26.3 Å². The van der Waals surface area contributed by atoms with Gasteiger partial charge in [-0.05, 0) is 30.9 Å². The number of rotatable bonds is 7. The lowest BCUT2D eigenvalue weighted by Gasteiger charge is -2.26. The van der Waals surface area contributed by atoms with E-state index in [1.165, 1.54) is 5.56 Å². The number of benzene rings is 1. The number of fused-ring (bicyclic) bond motifs is 1. The average molecular weight is 479 g/mol. The fourth-order valence-electron chi connectivity index (χ4n) is 2.45. The molecule has 1 aromatic carbocycles. The molecule has 1 heterocycles. The Labute approximate surface area is 172 Å². The Balaban J connectivity index is 0.00000312. The fraction of sp³-hybridized carbons (Fsp3) is 0.611. The van der Waals surface area contributed by atoms with Gasteiger partial charge in [0.05, 0.1) is 6.54 Å². The minimum atomic E-state index is -0.0856. The van der Waals surface area contributed by atoms with Gasteiger partial charge in [0.25, 0.3) is 0 Å². The molecule has 1 aromatic rings. The molecule has 0 aromatic heterocycles. The molecular weight excluding hydrogens is 449 g/mol. The SMILES string of the molecule is CCNC(=NCC(C)(C)c1ccc2c(c1)OCCO2)NCCSC.I. The summed E-state index contributed by atoms with van der Waals surface area (Å²) in [5.74, 6) is 3.60. The van der Waals surface area contributed by atoms with Crippen molar-refractivity contribution < 1.29 is 9.47 Å². The molecule has 2 rings (SSSR count). The first kappa shape index (κ1) is 22.2. The third kappa shape index (κ3) is 6.77. The Bertz CT molecular complexity index is 567. The first-order chi connectivity index (χ1) is 11.6. The van der Waals surface area contributed by atoms with E-state index in [2.05, 4.69) is 49.8 Å². The van der Waals surface area contributed by atoms with Crippen molar-refractivity contribution in [1.82, 2.24) is 10.6 Å². The van der Waals surface area contributed by atoms with Crippen molar-refractivity contribution in [2.24, 2.45) is 4.99 Å². The molecular formula is C18H30IN3O2S. The van der Waals surface area contributed by atoms with Gasteiger partial charge in [-0.15, -0.1) is 24.0 Å². The van der Waals surface area contributed by atoms with Gasteiger partial charge in [0.15, 0.2) is 17.5 Å². The second kappa shape index (κ2) is 11.0. The van der Waals surface area contributed by atoms with Crippen molar-refractivity contribution in [2.45, 2.75) is 26.2 Å². The van der Waals surface area contributed by atoms with Crippen molar-refractivity contribution in [2.75, 3.05) is 44.9 Å². The molecule has 5 nitrogen and oxygen atoms in total. The fourth-order valence-corrected chi connectivity index (χ4v) is 2.75. The predicted octanol–water partition coefficient (Wildman–Crippen LogP) is 3.27. The van der Waals surface area contributed by atoms with E-state index in [1.807, 2.05) is 17.8 Å². The number of nitrogens with one attached hydrogen (secondary N) is 2. The van der Waals surface area contributed by atoms with Gasteiger partial charge in [-0.2, -0.15) is 11.8 Å². The summed E-state index contributed by atoms with van der Waals surface area (Å²) in [5, 5.41) is 6.67. The van der Waals surface area contributed by atoms with Crippen LogP contribution in [0.15, 0.2) is 23.2 Å². The zero-order valence-electron chi connectivity index (χ0n) is 15.6. The molecule has 0 bridgehead atoms. The van der Waals surface area contributed by atoms with Crippen LogP contribution >= 0.6 is 35.7 Å². The number of hydrogen-bond acceptors (Lipinski definition) is 4. The minimum Gasteiger partial charge on any atom is -0.486 e. The molecule has 1 aliphatic heterocycles. The Morgan fingerprint density at radius 3 is 2.60 bits per heavy atom. The lowest BCUT2D eigenvalue weighted by molar-refractivity contribution is 0.171. The normalized spacial score (nSPS) is 13.8. The molecule has 0 unspecified atom stereocenters. The third-order valence-electron chi connectivity index (χ3n) is 3.90. The Hall–Kier alpha value is -0.830. The number of halogens is 1. The summed E-state index contributed by atoms with van der Waals surface area (Å²) in [6.45, 7) is 10.2. The molecule has 0 atom stereocenters. The molecule has 0 amide bonds. The summed E-state index contributed by atoms with van der Waals surface area (Å²) in [4.78, 5) is 4.76. The molecule has 142 valence electrons. The number of thioether (sulfide) groups is 1. The van der Waals surface area contributed by atoms with Crippen molar-refractivity contribution in [3.05, 3.63) is 23.8 Å². The maximum atomic E-state index is 5.70. The minimum absolute atomic E-state index is 0. The lowest BCUT2D eigenvalue weighted by atomic mass is 9.84. The van der Waals surface area contributed by atoms with E-state index < -0.39 is 0 Å². The second-order valence-corrected chi connectivity index (χ2v) is 7.34. The Morgan fingerprint density at radius 1 is 1.20 bits per heavy atom. The average Bonchev–Trinajstić information content (AvgIpc) is 2.59. The van der Waals surface area contributed by atoms with Gasteiger partial charge >= 0.3 is 0 Å². The van der Waals surface area contributed by atoms with Gasteiger partial charge in [0.1, 0.15) is 13.2 Å². The van der Waals surface area contributed by atoms with E-state index in [4.69, 9.17) is 14.5 Å². The van der Waals surface area contributed by atoms with Crippen LogP contribution in [0.4, 0.5) is 0 Å². The van der Waals surface area contributed by atoms with Gasteiger partial charge in [-0.3, -0.25) is 4.99 Å². The molecule has 1 aliphatic rings. The second-order valence-electron chi connectivity index (χ2n) is 6.36. The van der Waals surface area contributed by atoms with Crippen LogP contribution in [0, 0.1) is 0 Å². The molecule has 0 fully saturated rings. The van der Waals surface area contributed by atoms with Crippen molar-refractivity contribution >= 4 is 41.7 Å². The molecule has 0 aliphatic carbocycles. The van der Waals surface area contributed by atoms with Crippen LogP contribution in [-0.4, -0.2) is 50.8 Å². The van der Waals surface area contributed by atoms with Crippen LogP contribution in [0.3, 0.4) is 0 Å². The predicted molar refractivity (Wildman–Crippen MR) is 118 cm³/mol. The molecule has 2 N–H and O–H groups in total. The number of hydrogen-bond donors (Lipinski definition) is 2. The lowest BCUT2D eigenvalue weighted by Crippen LogP contribution is -2.39. The molecule has 0 radical (unpaired) electrons. The van der Waals surface area contributed by atoms with Gasteiger partial charge in [-0.1, -0.05) is 19.9 Å². The van der Waals surface area contributed by atoms with Crippen LogP contribution < -0.4 is 20.1 Å². The van der Waals surface area contributed by atoms with Crippen LogP contribution in [0.5, 0.6) is 11.5 Å². The Morgan fingerprint density at radius 2 is 1.92 bits per heavy atom. The van der Waals surface area contributed by atoms with E-state index in [1.54, 1.807) is 0 Å². The van der Waals surface area contributed by atoms with E-state index in [-0.39, 0.29) is 29.4 Å². The largest absolute Gasteiger partial charge is 0.486 e. The van der Waals surface area contributed by atoms with Gasteiger partial charge < -0.3 is 20.1 Å². The maximum absolute atomic E-state index is 5.70. The zero-order valence-corrected chi connectivity index (χ0v) is 18.7. The standard InChI is InChI=1S/C18H29N3O2S.HI/c1-5-19-17(20-8-11-24-4)21-13-18(2,3)14-6-7-15-16(12-14)23-10-9-22-15;/h6-7,12H,5,8-11,13H2,1-4H3,(H2,19,20,21);1H. The molecule has 0 saturated heterocycles. The maximum Gasteiger partial charge on any atom is 0.191 e. The summed E-state index contributed by atoms with van der Waals surface area (Å²) in [5.41, 5.74) is 1.12. The number of ether oxygens (including phenoxy) is 2. The van der Waals surface area contributed by atoms with Gasteiger partial charge in [0.2, 0.25) is 0 Å². The summed E-state index contributed by atoms with van der Waals surface area (Å²) >= 11 is 1.82. The molecule has 0 saturated carbocycles. The highest BCUT2D eigenvalue weighted by atomic mass is 127. The number of guanidine groups is 1. The monoisotopic (exact) mass is 479 g/mol. The quantitative estimate of drug-likeness (QED) is 0.272. The highest BCUT2D eigenvalue weighted by Gasteiger charge is 2.23. The van der Waals surface area contributed by atoms with E-state index >= 15 is 0 Å². The zero-order chi connectivity index (χ0) is 17.4. The summed E-state index contributed by atoms with van der Waals surface area (Å²) in [7, 11) is 0. The van der Waals surface area contributed by atoms with Crippen molar-refractivity contribution in [3.63, 3.8) is 0 Å². The number of aliphatic imine (C=N–C) groups is 1.